The summed E-state index contributed by atoms with van der Waals surface area (Å²) in [7, 11) is 0. The van der Waals surface area contributed by atoms with E-state index in [9.17, 15) is 4.79 Å². The van der Waals surface area contributed by atoms with Crippen molar-refractivity contribution in [3.05, 3.63) is 35.6 Å². The average Bonchev–Trinajstić information content (AvgIpc) is 2.93. The number of nitrogens with two attached hydrogens (primary N) is 1. The molecule has 3 rings (SSSR count). The van der Waals surface area contributed by atoms with Gasteiger partial charge < -0.3 is 15.6 Å². The van der Waals surface area contributed by atoms with Gasteiger partial charge in [0.1, 0.15) is 5.76 Å². The molecule has 1 amide bonds. The van der Waals surface area contributed by atoms with Crippen LogP contribution >= 0.6 is 11.3 Å². The van der Waals surface area contributed by atoms with Gasteiger partial charge in [0.25, 0.3) is 5.91 Å². The molecule has 2 heterocycles. The van der Waals surface area contributed by atoms with Gasteiger partial charge in [0.15, 0.2) is 10.9 Å². The number of fused-ring (bicyclic) bond motifs is 1. The molecule has 1 aromatic carbocycles. The minimum absolute atomic E-state index is 0.248. The largest absolute Gasteiger partial charge is 0.375 e. The molecule has 0 unspecified atom stereocenters. The summed E-state index contributed by atoms with van der Waals surface area (Å²) >= 11 is 1.35. The lowest BCUT2D eigenvalue weighted by Crippen LogP contribution is -2.11. The normalized spacial score (nSPS) is 10.8. The molecule has 3 N–H and O–H groups in total. The summed E-state index contributed by atoms with van der Waals surface area (Å²) in [5, 5.41) is 6.86. The number of thiazole rings is 1. The molecule has 3 aromatic rings. The number of rotatable bonds is 2. The van der Waals surface area contributed by atoms with E-state index in [-0.39, 0.29) is 5.91 Å². The number of hydrogen-bond acceptors (Lipinski definition) is 6. The first-order valence-corrected chi connectivity index (χ1v) is 6.34. The van der Waals surface area contributed by atoms with E-state index >= 15 is 0 Å². The molecular weight excluding hydrogens is 264 g/mol. The third-order valence-electron chi connectivity index (χ3n) is 2.54. The van der Waals surface area contributed by atoms with Gasteiger partial charge in [-0.3, -0.25) is 4.79 Å². The number of hydrogen-bond donors (Lipinski definition) is 2. The second-order valence-corrected chi connectivity index (χ2v) is 5.07. The van der Waals surface area contributed by atoms with Crippen molar-refractivity contribution in [2.24, 2.45) is 0 Å². The van der Waals surface area contributed by atoms with Gasteiger partial charge in [0.2, 0.25) is 0 Å². The minimum atomic E-state index is -0.248. The number of nitrogens with one attached hydrogen (secondary N) is 1. The lowest BCUT2D eigenvalue weighted by atomic mass is 10.2. The molecule has 0 atom stereocenters. The van der Waals surface area contributed by atoms with Gasteiger partial charge in [0.05, 0.1) is 10.2 Å². The Bertz CT molecular complexity index is 762. The molecule has 19 heavy (non-hydrogen) atoms. The van der Waals surface area contributed by atoms with Gasteiger partial charge in [-0.25, -0.2) is 4.98 Å². The summed E-state index contributed by atoms with van der Waals surface area (Å²) in [6, 6.07) is 6.88. The minimum Gasteiger partial charge on any atom is -0.375 e. The second kappa shape index (κ2) is 4.36. The van der Waals surface area contributed by atoms with Crippen LogP contribution in [0.1, 0.15) is 16.1 Å². The molecule has 0 radical (unpaired) electrons. The van der Waals surface area contributed by atoms with Crippen LogP contribution < -0.4 is 11.1 Å². The quantitative estimate of drug-likeness (QED) is 0.748. The molecule has 6 nitrogen and oxygen atoms in total. The first-order chi connectivity index (χ1) is 9.11. The standard InChI is InChI=1S/C12H10N4O2S/c1-6-4-10(16-18-6)15-11(17)7-2-3-8-9(5-7)19-12(13)14-8/h2-5H,1H3,(H2,13,14)(H,15,16,17). The number of benzene rings is 1. The molecule has 0 fully saturated rings. The maximum absolute atomic E-state index is 12.0. The number of nitrogens with zero attached hydrogens (tertiary/aromatic N) is 2. The number of carbonyl (C=O) groups excluding carboxylic acids is 1. The fourth-order valence-electron chi connectivity index (χ4n) is 1.70. The monoisotopic (exact) mass is 274 g/mol. The first-order valence-electron chi connectivity index (χ1n) is 5.52. The zero-order valence-corrected chi connectivity index (χ0v) is 10.8. The summed E-state index contributed by atoms with van der Waals surface area (Å²) in [6.07, 6.45) is 0. The van der Waals surface area contributed by atoms with Crippen LogP contribution in [0.4, 0.5) is 10.9 Å². The molecule has 0 aliphatic rings. The van der Waals surface area contributed by atoms with Crippen LogP contribution in [0.15, 0.2) is 28.8 Å². The van der Waals surface area contributed by atoms with Crippen LogP contribution in [0, 0.1) is 6.92 Å². The smallest absolute Gasteiger partial charge is 0.256 e. The number of carbonyl (C=O) groups is 1. The highest BCUT2D eigenvalue weighted by Gasteiger charge is 2.10. The van der Waals surface area contributed by atoms with Crippen molar-refractivity contribution in [2.75, 3.05) is 11.1 Å². The number of anilines is 2. The third-order valence-corrected chi connectivity index (χ3v) is 3.38. The molecule has 0 aliphatic heterocycles. The second-order valence-electron chi connectivity index (χ2n) is 4.01. The molecule has 0 saturated heterocycles. The van der Waals surface area contributed by atoms with Gasteiger partial charge >= 0.3 is 0 Å². The van der Waals surface area contributed by atoms with Gasteiger partial charge in [0, 0.05) is 11.6 Å². The fourth-order valence-corrected chi connectivity index (χ4v) is 2.47. The van der Waals surface area contributed by atoms with Crippen LogP contribution in [-0.4, -0.2) is 16.0 Å². The van der Waals surface area contributed by atoms with Crippen LogP contribution in [0.3, 0.4) is 0 Å². The van der Waals surface area contributed by atoms with Crippen LogP contribution in [0.25, 0.3) is 10.2 Å². The molecule has 96 valence electrons. The van der Waals surface area contributed by atoms with Crippen molar-refractivity contribution in [1.82, 2.24) is 10.1 Å². The maximum Gasteiger partial charge on any atom is 0.256 e. The Hall–Kier alpha value is -2.41. The summed E-state index contributed by atoms with van der Waals surface area (Å²) in [5.74, 6) is 0.787. The van der Waals surface area contributed by atoms with Gasteiger partial charge in [-0.15, -0.1) is 0 Å². The van der Waals surface area contributed by atoms with Gasteiger partial charge in [-0.2, -0.15) is 0 Å². The molecule has 0 spiro atoms. The Balaban J connectivity index is 1.88. The Labute approximate surface area is 112 Å². The summed E-state index contributed by atoms with van der Waals surface area (Å²) in [5.41, 5.74) is 6.94. The average molecular weight is 274 g/mol. The highest BCUT2D eigenvalue weighted by Crippen LogP contribution is 2.24. The van der Waals surface area contributed by atoms with E-state index in [1.807, 2.05) is 0 Å². The zero-order chi connectivity index (χ0) is 13.4. The van der Waals surface area contributed by atoms with Crippen molar-refractivity contribution in [2.45, 2.75) is 6.92 Å². The highest BCUT2D eigenvalue weighted by molar-refractivity contribution is 7.22. The van der Waals surface area contributed by atoms with Crippen LogP contribution in [0.2, 0.25) is 0 Å². The van der Waals surface area contributed by atoms with E-state index in [4.69, 9.17) is 10.3 Å². The van der Waals surface area contributed by atoms with E-state index in [1.165, 1.54) is 11.3 Å². The number of amides is 1. The topological polar surface area (TPSA) is 94.0 Å². The van der Waals surface area contributed by atoms with E-state index < -0.39 is 0 Å². The Morgan fingerprint density at radius 3 is 3.00 bits per heavy atom. The predicted molar refractivity (Wildman–Crippen MR) is 73.2 cm³/mol. The Morgan fingerprint density at radius 1 is 1.42 bits per heavy atom. The summed E-state index contributed by atoms with van der Waals surface area (Å²) < 4.78 is 5.76. The molecule has 0 bridgehead atoms. The Morgan fingerprint density at radius 2 is 2.26 bits per heavy atom. The third kappa shape index (κ3) is 2.27. The van der Waals surface area contributed by atoms with Crippen molar-refractivity contribution in [3.63, 3.8) is 0 Å². The van der Waals surface area contributed by atoms with Crippen LogP contribution in [-0.2, 0) is 0 Å². The van der Waals surface area contributed by atoms with Gasteiger partial charge in [-0.1, -0.05) is 16.5 Å². The first kappa shape index (κ1) is 11.7. The van der Waals surface area contributed by atoms with Crippen molar-refractivity contribution in [1.29, 1.82) is 0 Å². The lowest BCUT2D eigenvalue weighted by Gasteiger charge is -2.00. The Kier molecular flexibility index (Phi) is 2.68. The molecule has 2 aromatic heterocycles. The predicted octanol–water partition coefficient (Wildman–Crippen LogP) is 2.43. The number of aromatic nitrogens is 2. The molecule has 0 aliphatic carbocycles. The summed E-state index contributed by atoms with van der Waals surface area (Å²) in [6.45, 7) is 1.76. The number of aryl methyl sites for hydroxylation is 1. The highest BCUT2D eigenvalue weighted by atomic mass is 32.1. The fraction of sp³-hybridized carbons (Fsp3) is 0.0833. The van der Waals surface area contributed by atoms with E-state index in [0.29, 0.717) is 22.3 Å². The van der Waals surface area contributed by atoms with Gasteiger partial charge in [-0.05, 0) is 25.1 Å². The summed E-state index contributed by atoms with van der Waals surface area (Å²) in [4.78, 5) is 16.2. The maximum atomic E-state index is 12.0. The van der Waals surface area contributed by atoms with Crippen molar-refractivity contribution >= 4 is 38.4 Å². The molecular formula is C12H10N4O2S. The lowest BCUT2D eigenvalue weighted by molar-refractivity contribution is 0.102. The van der Waals surface area contributed by atoms with Crippen molar-refractivity contribution in [3.8, 4) is 0 Å². The van der Waals surface area contributed by atoms with E-state index in [1.54, 1.807) is 31.2 Å². The zero-order valence-electron chi connectivity index (χ0n) is 10.0. The SMILES string of the molecule is Cc1cc(NC(=O)c2ccc3nc(N)sc3c2)no1. The van der Waals surface area contributed by atoms with E-state index in [0.717, 1.165) is 10.2 Å². The van der Waals surface area contributed by atoms with Crippen LogP contribution in [0.5, 0.6) is 0 Å². The van der Waals surface area contributed by atoms with E-state index in [2.05, 4.69) is 15.5 Å². The number of nitrogen functional groups attached to an aromatic ring is 1. The molecule has 0 saturated carbocycles. The van der Waals surface area contributed by atoms with Crippen molar-refractivity contribution < 1.29 is 9.32 Å². The molecule has 7 heteroatoms.